The van der Waals surface area contributed by atoms with Gasteiger partial charge in [0.1, 0.15) is 17.5 Å². The van der Waals surface area contributed by atoms with Crippen LogP contribution in [0.1, 0.15) is 43.7 Å². The van der Waals surface area contributed by atoms with Crippen LogP contribution in [0.2, 0.25) is 0 Å². The van der Waals surface area contributed by atoms with Crippen LogP contribution in [0.5, 0.6) is 11.5 Å². The minimum absolute atomic E-state index is 0.00283. The minimum Gasteiger partial charge on any atom is -0.493 e. The highest BCUT2D eigenvalue weighted by Gasteiger charge is 2.78. The number of benzene rings is 1. The van der Waals surface area contributed by atoms with E-state index in [9.17, 15) is 4.79 Å². The molecule has 0 saturated heterocycles. The van der Waals surface area contributed by atoms with Crippen molar-refractivity contribution < 1.29 is 19.0 Å². The van der Waals surface area contributed by atoms with Gasteiger partial charge in [-0.25, -0.2) is 0 Å². The van der Waals surface area contributed by atoms with Gasteiger partial charge in [-0.05, 0) is 50.2 Å². The van der Waals surface area contributed by atoms with Crippen LogP contribution in [0.25, 0.3) is 0 Å². The van der Waals surface area contributed by atoms with Crippen LogP contribution in [0.3, 0.4) is 0 Å². The predicted octanol–water partition coefficient (Wildman–Crippen LogP) is 3.60. The summed E-state index contributed by atoms with van der Waals surface area (Å²) in [5.41, 5.74) is 1.99. The first kappa shape index (κ1) is 16.2. The molecular weight excluding hydrogens is 340 g/mol. The summed E-state index contributed by atoms with van der Waals surface area (Å²) in [6.45, 7) is 1.72. The summed E-state index contributed by atoms with van der Waals surface area (Å²) in [6.07, 6.45) is 9.94. The van der Waals surface area contributed by atoms with Crippen molar-refractivity contribution in [2.24, 2.45) is 17.3 Å². The topological polar surface area (TPSA) is 44.8 Å². The lowest BCUT2D eigenvalue weighted by Crippen LogP contribution is -2.75. The number of methoxy groups -OCH3 is 2. The van der Waals surface area contributed by atoms with Gasteiger partial charge in [0.05, 0.1) is 13.0 Å². The van der Waals surface area contributed by atoms with Gasteiger partial charge < -0.3 is 14.2 Å². The molecule has 0 N–H and O–H groups in total. The molecule has 6 aliphatic rings. The zero-order valence-corrected chi connectivity index (χ0v) is 16.2. The summed E-state index contributed by atoms with van der Waals surface area (Å²) in [4.78, 5) is 12.7. The quantitative estimate of drug-likeness (QED) is 0.767. The van der Waals surface area contributed by atoms with E-state index in [0.717, 1.165) is 30.8 Å². The number of carbonyl (C=O) groups is 1. The van der Waals surface area contributed by atoms with Gasteiger partial charge in [0.2, 0.25) is 0 Å². The molecular formula is C23H26O4. The second-order valence-corrected chi connectivity index (χ2v) is 9.19. The Morgan fingerprint density at radius 3 is 2.85 bits per heavy atom. The Labute approximate surface area is 159 Å². The molecule has 5 aliphatic carbocycles. The normalized spacial score (nSPS) is 44.6. The van der Waals surface area contributed by atoms with Crippen molar-refractivity contribution in [3.8, 4) is 11.5 Å². The standard InChI is InChI=1S/C23H26O4/c1-13(24)16-12-21-9-10-23(16,26-3)20-22(21)8-4-5-15(21)11-14-6-7-17(25-2)19(27-20)18(14)22/h6-7,9-10,15-16,20H,4-5,8,11-12H2,1-3H3/t15-,16-,20-,21-,22?,23-/m1/s1. The SMILES string of the molecule is COc1ccc2c3c1O[C@@H]1C34CCC[C@H](C2)[C@]42C=C[C@@]1(OC)[C@@H](C(C)=O)C2. The number of ketones is 1. The zero-order chi connectivity index (χ0) is 18.6. The van der Waals surface area contributed by atoms with Crippen LogP contribution in [-0.2, 0) is 21.4 Å². The number of hydrogen-bond donors (Lipinski definition) is 0. The monoisotopic (exact) mass is 366 g/mol. The number of ether oxygens (including phenoxy) is 3. The Morgan fingerprint density at radius 2 is 2.11 bits per heavy atom. The molecule has 0 amide bonds. The molecule has 1 aliphatic heterocycles. The summed E-state index contributed by atoms with van der Waals surface area (Å²) in [7, 11) is 3.45. The highest BCUT2D eigenvalue weighted by molar-refractivity contribution is 5.82. The van der Waals surface area contributed by atoms with Gasteiger partial charge >= 0.3 is 0 Å². The summed E-state index contributed by atoms with van der Waals surface area (Å²) < 4.78 is 18.6. The molecule has 2 spiro atoms. The highest BCUT2D eigenvalue weighted by Crippen LogP contribution is 2.76. The predicted molar refractivity (Wildman–Crippen MR) is 100 cm³/mol. The van der Waals surface area contributed by atoms with E-state index in [1.807, 2.05) is 6.07 Å². The van der Waals surface area contributed by atoms with E-state index >= 15 is 0 Å². The van der Waals surface area contributed by atoms with Gasteiger partial charge in [-0.2, -0.15) is 0 Å². The number of hydrogen-bond acceptors (Lipinski definition) is 4. The Morgan fingerprint density at radius 1 is 1.26 bits per heavy atom. The second kappa shape index (κ2) is 4.78. The van der Waals surface area contributed by atoms with Crippen molar-refractivity contribution in [1.82, 2.24) is 0 Å². The number of carbonyl (C=O) groups excluding carboxylic acids is 1. The molecule has 6 atom stereocenters. The van der Waals surface area contributed by atoms with E-state index in [2.05, 4.69) is 18.2 Å². The molecule has 4 nitrogen and oxygen atoms in total. The maximum atomic E-state index is 12.7. The fourth-order valence-electron chi connectivity index (χ4n) is 7.78. The Bertz CT molecular complexity index is 904. The van der Waals surface area contributed by atoms with E-state index in [1.54, 1.807) is 21.1 Å². The average Bonchev–Trinajstić information content (AvgIpc) is 3.03. The third-order valence-electron chi connectivity index (χ3n) is 8.69. The summed E-state index contributed by atoms with van der Waals surface area (Å²) in [5.74, 6) is 2.34. The fourth-order valence-corrected chi connectivity index (χ4v) is 7.78. The molecule has 1 aromatic carbocycles. The summed E-state index contributed by atoms with van der Waals surface area (Å²) >= 11 is 0. The van der Waals surface area contributed by atoms with Crippen LogP contribution in [-0.4, -0.2) is 31.7 Å². The maximum absolute atomic E-state index is 12.7. The van der Waals surface area contributed by atoms with Crippen LogP contribution in [0.15, 0.2) is 24.3 Å². The smallest absolute Gasteiger partial charge is 0.166 e. The zero-order valence-electron chi connectivity index (χ0n) is 16.2. The lowest BCUT2D eigenvalue weighted by atomic mass is 9.34. The molecule has 1 heterocycles. The summed E-state index contributed by atoms with van der Waals surface area (Å²) in [5, 5.41) is 0. The van der Waals surface area contributed by atoms with Crippen LogP contribution >= 0.6 is 0 Å². The third kappa shape index (κ3) is 1.46. The van der Waals surface area contributed by atoms with Gasteiger partial charge in [0.15, 0.2) is 11.5 Å². The molecule has 2 fully saturated rings. The first-order valence-electron chi connectivity index (χ1n) is 10.2. The van der Waals surface area contributed by atoms with Gasteiger partial charge in [-0.15, -0.1) is 0 Å². The molecule has 0 aromatic heterocycles. The van der Waals surface area contributed by atoms with Crippen molar-refractivity contribution >= 4 is 5.78 Å². The van der Waals surface area contributed by atoms with Crippen LogP contribution in [0.4, 0.5) is 0 Å². The van der Waals surface area contributed by atoms with E-state index in [1.165, 1.54) is 24.0 Å². The van der Waals surface area contributed by atoms with E-state index in [4.69, 9.17) is 14.2 Å². The Kier molecular flexibility index (Phi) is 2.86. The molecule has 1 aromatic rings. The molecule has 4 bridgehead atoms. The van der Waals surface area contributed by atoms with Crippen LogP contribution < -0.4 is 9.47 Å². The third-order valence-corrected chi connectivity index (χ3v) is 8.69. The van der Waals surface area contributed by atoms with Gasteiger partial charge in [0.25, 0.3) is 0 Å². The maximum Gasteiger partial charge on any atom is 0.166 e. The van der Waals surface area contributed by atoms with Gasteiger partial charge in [-0.3, -0.25) is 4.79 Å². The molecule has 1 unspecified atom stereocenters. The number of fused-ring (bicyclic) bond motifs is 1. The molecule has 4 heteroatoms. The van der Waals surface area contributed by atoms with E-state index in [-0.39, 0.29) is 28.6 Å². The second-order valence-electron chi connectivity index (χ2n) is 9.19. The Hall–Kier alpha value is -1.81. The van der Waals surface area contributed by atoms with Gasteiger partial charge in [0, 0.05) is 23.5 Å². The van der Waals surface area contributed by atoms with Crippen LogP contribution in [0, 0.1) is 17.3 Å². The van der Waals surface area contributed by atoms with Gasteiger partial charge in [-0.1, -0.05) is 24.6 Å². The largest absolute Gasteiger partial charge is 0.493 e. The lowest BCUT2D eigenvalue weighted by Gasteiger charge is -2.69. The van der Waals surface area contributed by atoms with Crippen molar-refractivity contribution in [3.63, 3.8) is 0 Å². The number of Topliss-reactive ketones (excluding diaryl/α,β-unsaturated/α-hetero) is 1. The lowest BCUT2D eigenvalue weighted by molar-refractivity contribution is -0.207. The van der Waals surface area contributed by atoms with Crippen molar-refractivity contribution in [3.05, 3.63) is 35.4 Å². The average molecular weight is 366 g/mol. The molecule has 7 rings (SSSR count). The molecule has 0 radical (unpaired) electrons. The van der Waals surface area contributed by atoms with Crippen molar-refractivity contribution in [1.29, 1.82) is 0 Å². The molecule has 27 heavy (non-hydrogen) atoms. The first-order valence-corrected chi connectivity index (χ1v) is 10.2. The minimum atomic E-state index is -0.686. The highest BCUT2D eigenvalue weighted by atomic mass is 16.6. The first-order chi connectivity index (χ1) is 13.0. The van der Waals surface area contributed by atoms with E-state index < -0.39 is 5.60 Å². The fraction of sp³-hybridized carbons (Fsp3) is 0.609. The Balaban J connectivity index is 1.71. The number of rotatable bonds is 3. The number of allylic oxidation sites excluding steroid dienone is 1. The van der Waals surface area contributed by atoms with Crippen molar-refractivity contribution in [2.75, 3.05) is 14.2 Å². The molecule has 2 saturated carbocycles. The summed E-state index contributed by atoms with van der Waals surface area (Å²) in [6, 6.07) is 4.29. The van der Waals surface area contributed by atoms with E-state index in [0.29, 0.717) is 5.92 Å². The van der Waals surface area contributed by atoms with Crippen molar-refractivity contribution in [2.45, 2.75) is 56.1 Å². The molecule has 142 valence electrons.